The largest absolute Gasteiger partial charge is 0.376 e. The van der Waals surface area contributed by atoms with Crippen LogP contribution in [0.2, 0.25) is 0 Å². The highest BCUT2D eigenvalue weighted by Crippen LogP contribution is 2.07. The van der Waals surface area contributed by atoms with Gasteiger partial charge in [0.15, 0.2) is 0 Å². The predicted octanol–water partition coefficient (Wildman–Crippen LogP) is 1.26. The number of rotatable bonds is 3. The van der Waals surface area contributed by atoms with Crippen LogP contribution in [0.1, 0.15) is 6.42 Å². The van der Waals surface area contributed by atoms with Gasteiger partial charge in [-0.25, -0.2) is 5.06 Å². The molecule has 1 fully saturated rings. The molecular weight excluding hydrogens is 192 g/mol. The summed E-state index contributed by atoms with van der Waals surface area (Å²) in [6.07, 6.45) is 0.928. The lowest BCUT2D eigenvalue weighted by molar-refractivity contribution is -0.166. The number of benzene rings is 1. The Hall–Kier alpha value is -1.55. The molecule has 0 aromatic heterocycles. The summed E-state index contributed by atoms with van der Waals surface area (Å²) in [4.78, 5) is 16.7. The molecule has 4 heteroatoms. The quantitative estimate of drug-likeness (QED) is 0.809. The first-order valence-electron chi connectivity index (χ1n) is 5.08. The zero-order valence-corrected chi connectivity index (χ0v) is 8.48. The van der Waals surface area contributed by atoms with Crippen LogP contribution in [0.3, 0.4) is 0 Å². The van der Waals surface area contributed by atoms with E-state index < -0.39 is 0 Å². The van der Waals surface area contributed by atoms with Crippen molar-refractivity contribution in [1.29, 1.82) is 0 Å². The Morgan fingerprint density at radius 3 is 2.87 bits per heavy atom. The molecule has 0 radical (unpaired) electrons. The van der Waals surface area contributed by atoms with E-state index in [1.807, 2.05) is 30.3 Å². The number of carbonyl (C=O) groups excluding carboxylic acids is 1. The summed E-state index contributed by atoms with van der Waals surface area (Å²) in [5.41, 5.74) is 0.949. The summed E-state index contributed by atoms with van der Waals surface area (Å²) >= 11 is 0. The lowest BCUT2D eigenvalue weighted by Crippen LogP contribution is -2.32. The normalized spacial score (nSPS) is 15.3. The van der Waals surface area contributed by atoms with Crippen molar-refractivity contribution in [1.82, 2.24) is 5.06 Å². The molecule has 1 aromatic rings. The molecule has 0 saturated carbocycles. The van der Waals surface area contributed by atoms with E-state index in [2.05, 4.69) is 5.32 Å². The first kappa shape index (κ1) is 9.98. The zero-order chi connectivity index (χ0) is 10.5. The second kappa shape index (κ2) is 4.79. The summed E-state index contributed by atoms with van der Waals surface area (Å²) in [6, 6.07) is 9.66. The first-order valence-corrected chi connectivity index (χ1v) is 5.08. The summed E-state index contributed by atoms with van der Waals surface area (Å²) in [6.45, 7) is 1.64. The predicted molar refractivity (Wildman–Crippen MR) is 57.2 cm³/mol. The lowest BCUT2D eigenvalue weighted by Gasteiger charge is -2.14. The van der Waals surface area contributed by atoms with Gasteiger partial charge in [0.05, 0.1) is 19.7 Å². The van der Waals surface area contributed by atoms with Gasteiger partial charge in [0.1, 0.15) is 0 Å². The van der Waals surface area contributed by atoms with Crippen LogP contribution in [0.15, 0.2) is 30.3 Å². The van der Waals surface area contributed by atoms with Crippen molar-refractivity contribution in [3.05, 3.63) is 30.3 Å². The fourth-order valence-corrected chi connectivity index (χ4v) is 1.47. The van der Waals surface area contributed by atoms with Gasteiger partial charge >= 0.3 is 0 Å². The van der Waals surface area contributed by atoms with Crippen molar-refractivity contribution in [2.24, 2.45) is 0 Å². The molecule has 0 atom stereocenters. The van der Waals surface area contributed by atoms with Gasteiger partial charge in [-0.2, -0.15) is 0 Å². The van der Waals surface area contributed by atoms with E-state index in [4.69, 9.17) is 4.84 Å². The molecule has 0 unspecified atom stereocenters. The number of carbonyl (C=O) groups is 1. The van der Waals surface area contributed by atoms with Crippen molar-refractivity contribution in [2.75, 3.05) is 25.0 Å². The standard InChI is InChI=1S/C11H14N2O2/c14-11(13-7-4-8-15-13)9-12-10-5-2-1-3-6-10/h1-3,5-6,12H,4,7-9H2. The van der Waals surface area contributed by atoms with E-state index in [9.17, 15) is 4.79 Å². The van der Waals surface area contributed by atoms with Gasteiger partial charge < -0.3 is 5.32 Å². The van der Waals surface area contributed by atoms with Crippen LogP contribution < -0.4 is 5.32 Å². The monoisotopic (exact) mass is 206 g/mol. The highest BCUT2D eigenvalue weighted by Gasteiger charge is 2.18. The molecule has 1 aliphatic heterocycles. The van der Waals surface area contributed by atoms with E-state index >= 15 is 0 Å². The number of amides is 1. The molecule has 1 N–H and O–H groups in total. The molecule has 0 bridgehead atoms. The fourth-order valence-electron chi connectivity index (χ4n) is 1.47. The highest BCUT2D eigenvalue weighted by molar-refractivity contribution is 5.80. The van der Waals surface area contributed by atoms with Crippen LogP contribution in [0.5, 0.6) is 0 Å². The van der Waals surface area contributed by atoms with E-state index in [-0.39, 0.29) is 12.5 Å². The maximum atomic E-state index is 11.6. The first-order chi connectivity index (χ1) is 7.36. The van der Waals surface area contributed by atoms with E-state index in [1.54, 1.807) is 0 Å². The average molecular weight is 206 g/mol. The van der Waals surface area contributed by atoms with Gasteiger partial charge in [0, 0.05) is 5.69 Å². The van der Waals surface area contributed by atoms with Gasteiger partial charge in [0.25, 0.3) is 5.91 Å². The topological polar surface area (TPSA) is 41.6 Å². The van der Waals surface area contributed by atoms with Crippen LogP contribution in [-0.4, -0.2) is 30.7 Å². The molecule has 1 heterocycles. The van der Waals surface area contributed by atoms with E-state index in [0.29, 0.717) is 13.2 Å². The van der Waals surface area contributed by atoms with Crippen LogP contribution in [-0.2, 0) is 9.63 Å². The van der Waals surface area contributed by atoms with Gasteiger partial charge in [-0.3, -0.25) is 9.63 Å². The number of hydroxylamine groups is 2. The Kier molecular flexibility index (Phi) is 3.19. The summed E-state index contributed by atoms with van der Waals surface area (Å²) in [5.74, 6) is -0.0173. The highest BCUT2D eigenvalue weighted by atomic mass is 16.7. The second-order valence-electron chi connectivity index (χ2n) is 3.40. The number of nitrogens with one attached hydrogen (secondary N) is 1. The van der Waals surface area contributed by atoms with Gasteiger partial charge in [-0.1, -0.05) is 18.2 Å². The molecule has 1 aromatic carbocycles. The third-order valence-electron chi connectivity index (χ3n) is 2.25. The van der Waals surface area contributed by atoms with Crippen LogP contribution >= 0.6 is 0 Å². The SMILES string of the molecule is O=C(CNc1ccccc1)N1CCCO1. The number of hydrogen-bond donors (Lipinski definition) is 1. The van der Waals surface area contributed by atoms with Crippen molar-refractivity contribution >= 4 is 11.6 Å². The van der Waals surface area contributed by atoms with Crippen molar-refractivity contribution < 1.29 is 9.63 Å². The van der Waals surface area contributed by atoms with Crippen molar-refractivity contribution in [3.8, 4) is 0 Å². The van der Waals surface area contributed by atoms with Gasteiger partial charge in [0.2, 0.25) is 0 Å². The Morgan fingerprint density at radius 1 is 1.40 bits per heavy atom. The van der Waals surface area contributed by atoms with Crippen LogP contribution in [0.25, 0.3) is 0 Å². The Labute approximate surface area is 88.8 Å². The number of anilines is 1. The Morgan fingerprint density at radius 2 is 2.20 bits per heavy atom. The molecule has 1 aliphatic rings. The fraction of sp³-hybridized carbons (Fsp3) is 0.364. The molecule has 0 aliphatic carbocycles. The Balaban J connectivity index is 1.80. The third-order valence-corrected chi connectivity index (χ3v) is 2.25. The second-order valence-corrected chi connectivity index (χ2v) is 3.40. The van der Waals surface area contributed by atoms with E-state index in [0.717, 1.165) is 12.1 Å². The maximum absolute atomic E-state index is 11.6. The minimum atomic E-state index is -0.0173. The van der Waals surface area contributed by atoms with Crippen LogP contribution in [0, 0.1) is 0 Å². The smallest absolute Gasteiger partial charge is 0.265 e. The van der Waals surface area contributed by atoms with Crippen LogP contribution in [0.4, 0.5) is 5.69 Å². The minimum Gasteiger partial charge on any atom is -0.376 e. The molecule has 1 saturated heterocycles. The van der Waals surface area contributed by atoms with Crippen molar-refractivity contribution in [2.45, 2.75) is 6.42 Å². The summed E-state index contributed by atoms with van der Waals surface area (Å²) in [7, 11) is 0. The average Bonchev–Trinajstić information content (AvgIpc) is 2.81. The Bertz CT molecular complexity index is 321. The zero-order valence-electron chi connectivity index (χ0n) is 8.48. The molecule has 15 heavy (non-hydrogen) atoms. The number of nitrogens with zero attached hydrogens (tertiary/aromatic N) is 1. The number of para-hydroxylation sites is 1. The molecule has 2 rings (SSSR count). The minimum absolute atomic E-state index is 0.0173. The molecule has 80 valence electrons. The van der Waals surface area contributed by atoms with Crippen molar-refractivity contribution in [3.63, 3.8) is 0 Å². The molecular formula is C11H14N2O2. The summed E-state index contributed by atoms with van der Waals surface area (Å²) < 4.78 is 0. The van der Waals surface area contributed by atoms with E-state index in [1.165, 1.54) is 5.06 Å². The van der Waals surface area contributed by atoms with Gasteiger partial charge in [-0.15, -0.1) is 0 Å². The maximum Gasteiger partial charge on any atom is 0.265 e. The summed E-state index contributed by atoms with van der Waals surface area (Å²) in [5, 5.41) is 4.48. The third kappa shape index (κ3) is 2.70. The molecule has 0 spiro atoms. The number of hydrogen-bond acceptors (Lipinski definition) is 3. The lowest BCUT2D eigenvalue weighted by atomic mass is 10.3. The molecule has 4 nitrogen and oxygen atoms in total. The molecule has 1 amide bonds. The van der Waals surface area contributed by atoms with Gasteiger partial charge in [-0.05, 0) is 18.6 Å².